The van der Waals surface area contributed by atoms with Crippen molar-refractivity contribution in [2.24, 2.45) is 5.92 Å². The Balaban J connectivity index is 1.49. The van der Waals surface area contributed by atoms with Crippen molar-refractivity contribution >= 4 is 27.3 Å². The van der Waals surface area contributed by atoms with Crippen LogP contribution in [0.4, 0.5) is 11.4 Å². The smallest absolute Gasteiger partial charge is 0.227 e. The van der Waals surface area contributed by atoms with E-state index in [1.807, 2.05) is 19.1 Å². The Kier molecular flexibility index (Phi) is 6.76. The predicted octanol–water partition coefficient (Wildman–Crippen LogP) is 3.07. The highest BCUT2D eigenvalue weighted by atomic mass is 32.2. The van der Waals surface area contributed by atoms with Crippen molar-refractivity contribution in [3.05, 3.63) is 24.3 Å². The lowest BCUT2D eigenvalue weighted by Gasteiger charge is -2.30. The fraction of sp³-hybridized carbons (Fsp3) is 0.650. The van der Waals surface area contributed by atoms with E-state index in [1.54, 1.807) is 4.31 Å². The molecule has 1 amide bonds. The summed E-state index contributed by atoms with van der Waals surface area (Å²) in [6.45, 7) is 5.08. The van der Waals surface area contributed by atoms with Gasteiger partial charge < -0.3 is 10.2 Å². The van der Waals surface area contributed by atoms with E-state index in [2.05, 4.69) is 22.3 Å². The molecule has 150 valence electrons. The SMILES string of the molecule is CCCCS(=O)(=O)N1CCC(C(=O)Nc2ccc(N3CCCC3)cc2)CC1. The largest absolute Gasteiger partial charge is 0.372 e. The number of hydrogen-bond donors (Lipinski definition) is 1. The Morgan fingerprint density at radius 2 is 1.70 bits per heavy atom. The molecule has 3 rings (SSSR count). The van der Waals surface area contributed by atoms with Crippen molar-refractivity contribution in [1.29, 1.82) is 0 Å². The molecule has 0 bridgehead atoms. The summed E-state index contributed by atoms with van der Waals surface area (Å²) in [5, 5.41) is 2.99. The molecule has 2 saturated heterocycles. The number of carbonyl (C=O) groups excluding carboxylic acids is 1. The molecule has 0 radical (unpaired) electrons. The lowest BCUT2D eigenvalue weighted by atomic mass is 9.97. The molecule has 2 fully saturated rings. The van der Waals surface area contributed by atoms with Gasteiger partial charge in [0.2, 0.25) is 15.9 Å². The molecule has 27 heavy (non-hydrogen) atoms. The third-order valence-electron chi connectivity index (χ3n) is 5.58. The molecule has 0 unspecified atom stereocenters. The van der Waals surface area contributed by atoms with E-state index in [0.29, 0.717) is 32.4 Å². The number of nitrogens with one attached hydrogen (secondary N) is 1. The first-order valence-corrected chi connectivity index (χ1v) is 11.7. The van der Waals surface area contributed by atoms with Gasteiger partial charge in [0.05, 0.1) is 5.75 Å². The zero-order valence-electron chi connectivity index (χ0n) is 16.2. The van der Waals surface area contributed by atoms with Gasteiger partial charge in [-0.1, -0.05) is 13.3 Å². The van der Waals surface area contributed by atoms with Crippen LogP contribution in [0.1, 0.15) is 45.4 Å². The second-order valence-electron chi connectivity index (χ2n) is 7.57. The molecule has 1 aromatic rings. The molecule has 1 N–H and O–H groups in total. The summed E-state index contributed by atoms with van der Waals surface area (Å²) in [6.07, 6.45) is 5.22. The van der Waals surface area contributed by atoms with Gasteiger partial charge in [0.1, 0.15) is 0 Å². The Bertz CT molecular complexity index is 719. The highest BCUT2D eigenvalue weighted by molar-refractivity contribution is 7.89. The van der Waals surface area contributed by atoms with Gasteiger partial charge >= 0.3 is 0 Å². The van der Waals surface area contributed by atoms with Crippen LogP contribution in [-0.4, -0.2) is 50.6 Å². The quantitative estimate of drug-likeness (QED) is 0.773. The molecule has 2 heterocycles. The number of anilines is 2. The second-order valence-corrected chi connectivity index (χ2v) is 9.66. The molecular weight excluding hydrogens is 362 g/mol. The van der Waals surface area contributed by atoms with E-state index >= 15 is 0 Å². The zero-order chi connectivity index (χ0) is 19.3. The first kappa shape index (κ1) is 20.1. The summed E-state index contributed by atoms with van der Waals surface area (Å²) in [5.74, 6) is 0.0828. The topological polar surface area (TPSA) is 69.7 Å². The van der Waals surface area contributed by atoms with Crippen LogP contribution in [0, 0.1) is 5.92 Å². The maximum absolute atomic E-state index is 12.5. The van der Waals surface area contributed by atoms with Crippen molar-refractivity contribution in [3.8, 4) is 0 Å². The van der Waals surface area contributed by atoms with E-state index in [1.165, 1.54) is 18.5 Å². The summed E-state index contributed by atoms with van der Waals surface area (Å²) in [6, 6.07) is 8.03. The predicted molar refractivity (Wildman–Crippen MR) is 110 cm³/mol. The molecule has 2 aliphatic rings. The van der Waals surface area contributed by atoms with Gasteiger partial charge in [0, 0.05) is 43.5 Å². The van der Waals surface area contributed by atoms with Crippen molar-refractivity contribution in [3.63, 3.8) is 0 Å². The molecule has 0 atom stereocenters. The van der Waals surface area contributed by atoms with Crippen LogP contribution in [0.5, 0.6) is 0 Å². The van der Waals surface area contributed by atoms with Crippen molar-refractivity contribution in [2.75, 3.05) is 42.1 Å². The Labute approximate surface area is 163 Å². The van der Waals surface area contributed by atoms with Gasteiger partial charge in [-0.15, -0.1) is 0 Å². The lowest BCUT2D eigenvalue weighted by Crippen LogP contribution is -2.42. The number of rotatable bonds is 7. The standard InChI is InChI=1S/C20H31N3O3S/c1-2-3-16-27(25,26)23-14-10-17(11-15-23)20(24)21-18-6-8-19(9-7-18)22-12-4-5-13-22/h6-9,17H,2-5,10-16H2,1H3,(H,21,24). The van der Waals surface area contributed by atoms with Gasteiger partial charge in [0.25, 0.3) is 0 Å². The summed E-state index contributed by atoms with van der Waals surface area (Å²) >= 11 is 0. The molecule has 0 aromatic heterocycles. The average molecular weight is 394 g/mol. The van der Waals surface area contributed by atoms with Gasteiger partial charge in [-0.2, -0.15) is 0 Å². The highest BCUT2D eigenvalue weighted by Gasteiger charge is 2.30. The molecule has 7 heteroatoms. The second kappa shape index (κ2) is 9.06. The van der Waals surface area contributed by atoms with E-state index in [0.717, 1.165) is 25.2 Å². The minimum absolute atomic E-state index is 0.00507. The third-order valence-corrected chi connectivity index (χ3v) is 7.54. The maximum atomic E-state index is 12.5. The highest BCUT2D eigenvalue weighted by Crippen LogP contribution is 2.24. The summed E-state index contributed by atoms with van der Waals surface area (Å²) in [4.78, 5) is 14.9. The lowest BCUT2D eigenvalue weighted by molar-refractivity contribution is -0.120. The summed E-state index contributed by atoms with van der Waals surface area (Å²) in [5.41, 5.74) is 2.01. The van der Waals surface area contributed by atoms with Crippen LogP contribution in [-0.2, 0) is 14.8 Å². The number of piperidine rings is 1. The first-order chi connectivity index (χ1) is 13.0. The van der Waals surface area contributed by atoms with E-state index in [9.17, 15) is 13.2 Å². The zero-order valence-corrected chi connectivity index (χ0v) is 17.0. The molecule has 0 spiro atoms. The Hall–Kier alpha value is -1.60. The molecule has 0 saturated carbocycles. The van der Waals surface area contributed by atoms with E-state index in [4.69, 9.17) is 0 Å². The minimum Gasteiger partial charge on any atom is -0.372 e. The van der Waals surface area contributed by atoms with Crippen LogP contribution in [0.15, 0.2) is 24.3 Å². The fourth-order valence-corrected chi connectivity index (χ4v) is 5.51. The van der Waals surface area contributed by atoms with Gasteiger partial charge in [0.15, 0.2) is 0 Å². The number of amides is 1. The number of nitrogens with zero attached hydrogens (tertiary/aromatic N) is 2. The summed E-state index contributed by atoms with van der Waals surface area (Å²) < 4.78 is 26.1. The Morgan fingerprint density at radius 3 is 2.30 bits per heavy atom. The Morgan fingerprint density at radius 1 is 1.07 bits per heavy atom. The number of unbranched alkanes of at least 4 members (excludes halogenated alkanes) is 1. The van der Waals surface area contributed by atoms with E-state index in [-0.39, 0.29) is 17.6 Å². The van der Waals surface area contributed by atoms with Crippen LogP contribution in [0.2, 0.25) is 0 Å². The number of benzene rings is 1. The average Bonchev–Trinajstić information content (AvgIpc) is 3.22. The molecule has 1 aromatic carbocycles. The number of sulfonamides is 1. The van der Waals surface area contributed by atoms with Crippen molar-refractivity contribution < 1.29 is 13.2 Å². The molecule has 2 aliphatic heterocycles. The van der Waals surface area contributed by atoms with Crippen LogP contribution in [0.25, 0.3) is 0 Å². The van der Waals surface area contributed by atoms with Gasteiger partial charge in [-0.3, -0.25) is 4.79 Å². The summed E-state index contributed by atoms with van der Waals surface area (Å²) in [7, 11) is -3.17. The van der Waals surface area contributed by atoms with Crippen LogP contribution >= 0.6 is 0 Å². The van der Waals surface area contributed by atoms with Crippen LogP contribution in [0.3, 0.4) is 0 Å². The molecular formula is C20H31N3O3S. The fourth-order valence-electron chi connectivity index (χ4n) is 3.83. The van der Waals surface area contributed by atoms with Crippen molar-refractivity contribution in [2.45, 2.75) is 45.4 Å². The molecule has 0 aliphatic carbocycles. The van der Waals surface area contributed by atoms with Crippen molar-refractivity contribution in [1.82, 2.24) is 4.31 Å². The minimum atomic E-state index is -3.17. The monoisotopic (exact) mass is 393 g/mol. The number of carbonyl (C=O) groups is 1. The normalized spacial score (nSPS) is 19.4. The molecule has 6 nitrogen and oxygen atoms in total. The van der Waals surface area contributed by atoms with Gasteiger partial charge in [-0.25, -0.2) is 12.7 Å². The van der Waals surface area contributed by atoms with E-state index < -0.39 is 10.0 Å². The first-order valence-electron chi connectivity index (χ1n) is 10.1. The van der Waals surface area contributed by atoms with Gasteiger partial charge in [-0.05, 0) is 56.4 Å². The van der Waals surface area contributed by atoms with Crippen LogP contribution < -0.4 is 10.2 Å². The third kappa shape index (κ3) is 5.23. The number of hydrogen-bond acceptors (Lipinski definition) is 4. The maximum Gasteiger partial charge on any atom is 0.227 e.